The van der Waals surface area contributed by atoms with E-state index in [1.54, 1.807) is 0 Å². The van der Waals surface area contributed by atoms with E-state index in [0.717, 1.165) is 50.2 Å². The van der Waals surface area contributed by atoms with Crippen molar-refractivity contribution in [2.45, 2.75) is 77.0 Å². The minimum Gasteiger partial charge on any atom is -0.399 e. The summed E-state index contributed by atoms with van der Waals surface area (Å²) in [5.74, 6) is -1.91. The van der Waals surface area contributed by atoms with Gasteiger partial charge in [0, 0.05) is 0 Å². The van der Waals surface area contributed by atoms with Gasteiger partial charge in [-0.25, -0.2) is 8.78 Å². The number of hydrogen-bond donors (Lipinski definition) is 0. The van der Waals surface area contributed by atoms with E-state index in [1.165, 1.54) is 25.7 Å². The lowest BCUT2D eigenvalue weighted by atomic mass is 9.68. The van der Waals surface area contributed by atoms with Crippen LogP contribution in [0, 0.1) is 29.4 Å². The van der Waals surface area contributed by atoms with E-state index >= 15 is 0 Å². The smallest absolute Gasteiger partial charge is 0.399 e. The zero-order valence-corrected chi connectivity index (χ0v) is 16.8. The highest BCUT2D eigenvalue weighted by molar-refractivity contribution is 5.33. The van der Waals surface area contributed by atoms with Crippen LogP contribution in [0.15, 0.2) is 24.3 Å². The van der Waals surface area contributed by atoms with Crippen LogP contribution in [0.25, 0.3) is 0 Å². The van der Waals surface area contributed by atoms with Gasteiger partial charge < -0.3 is 4.74 Å². The number of halogens is 5. The van der Waals surface area contributed by atoms with Crippen LogP contribution >= 0.6 is 0 Å². The highest BCUT2D eigenvalue weighted by Crippen LogP contribution is 2.45. The molecule has 0 unspecified atom stereocenters. The average Bonchev–Trinajstić information content (AvgIpc) is 2.69. The second kappa shape index (κ2) is 9.48. The second-order valence-electron chi connectivity index (χ2n) is 8.48. The van der Waals surface area contributed by atoms with Crippen molar-refractivity contribution in [3.05, 3.63) is 41.5 Å². The van der Waals surface area contributed by atoms with E-state index in [4.69, 9.17) is 0 Å². The van der Waals surface area contributed by atoms with Crippen LogP contribution in [-0.2, 0) is 0 Å². The summed E-state index contributed by atoms with van der Waals surface area (Å²) in [7, 11) is 0. The largest absolute Gasteiger partial charge is 0.573 e. The average molecular weight is 416 g/mol. The molecule has 0 saturated heterocycles. The molecule has 2 aliphatic carbocycles. The van der Waals surface area contributed by atoms with Crippen molar-refractivity contribution in [1.82, 2.24) is 0 Å². The molecule has 1 nitrogen and oxygen atoms in total. The van der Waals surface area contributed by atoms with Gasteiger partial charge in [0.05, 0.1) is 0 Å². The van der Waals surface area contributed by atoms with Gasteiger partial charge in [0.25, 0.3) is 0 Å². The predicted molar refractivity (Wildman–Crippen MR) is 103 cm³/mol. The molecule has 6 heteroatoms. The Morgan fingerprint density at radius 3 is 1.90 bits per heavy atom. The predicted octanol–water partition coefficient (Wildman–Crippen LogP) is 7.91. The summed E-state index contributed by atoms with van der Waals surface area (Å²) in [6.07, 6.45) is 9.15. The minimum absolute atomic E-state index is 0.0148. The third kappa shape index (κ3) is 5.95. The maximum atomic E-state index is 14.0. The standard InChI is InChI=1S/C23H29F5O/c1-2-3-4-15-5-7-16(8-6-15)17-9-11-18(12-10-17)19-13-20(24)22(21(25)14-19)29-23(26,27)28/h3-4,13-18H,2,5-12H2,1H3. The van der Waals surface area contributed by atoms with Gasteiger partial charge in [-0.2, -0.15) is 0 Å². The lowest BCUT2D eigenvalue weighted by molar-refractivity contribution is -0.276. The Labute approximate surface area is 169 Å². The van der Waals surface area contributed by atoms with Gasteiger partial charge in [-0.3, -0.25) is 0 Å². The van der Waals surface area contributed by atoms with Crippen LogP contribution in [0.3, 0.4) is 0 Å². The molecule has 0 heterocycles. The van der Waals surface area contributed by atoms with Crippen LogP contribution in [0.4, 0.5) is 22.0 Å². The molecule has 0 spiro atoms. The molecule has 2 fully saturated rings. The molecule has 0 aliphatic heterocycles. The molecule has 29 heavy (non-hydrogen) atoms. The molecule has 0 bridgehead atoms. The van der Waals surface area contributed by atoms with Crippen molar-refractivity contribution in [2.24, 2.45) is 17.8 Å². The maximum absolute atomic E-state index is 14.0. The fourth-order valence-corrected chi connectivity index (χ4v) is 5.09. The molecule has 1 aromatic carbocycles. The Morgan fingerprint density at radius 2 is 1.41 bits per heavy atom. The summed E-state index contributed by atoms with van der Waals surface area (Å²) in [6.45, 7) is 2.15. The maximum Gasteiger partial charge on any atom is 0.573 e. The van der Waals surface area contributed by atoms with Gasteiger partial charge >= 0.3 is 6.36 Å². The molecule has 2 aliphatic rings. The van der Waals surface area contributed by atoms with Crippen LogP contribution < -0.4 is 4.74 Å². The summed E-state index contributed by atoms with van der Waals surface area (Å²) in [6, 6.07) is 2.00. The van der Waals surface area contributed by atoms with Crippen LogP contribution in [0.2, 0.25) is 0 Å². The molecule has 0 N–H and O–H groups in total. The summed E-state index contributed by atoms with van der Waals surface area (Å²) in [5, 5.41) is 0. The first-order valence-electron chi connectivity index (χ1n) is 10.7. The summed E-state index contributed by atoms with van der Waals surface area (Å²) >= 11 is 0. The van der Waals surface area contributed by atoms with Crippen LogP contribution in [0.1, 0.15) is 76.2 Å². The SMILES string of the molecule is CCC=CC1CCC(C2CCC(c3cc(F)c(OC(F)(F)F)c(F)c3)CC2)CC1. The normalized spacial score (nSPS) is 28.6. The molecule has 2 saturated carbocycles. The van der Waals surface area contributed by atoms with Crippen LogP contribution in [0.5, 0.6) is 5.75 Å². The third-order valence-corrected chi connectivity index (χ3v) is 6.61. The molecular formula is C23H29F5O. The zero-order valence-electron chi connectivity index (χ0n) is 16.8. The van der Waals surface area contributed by atoms with Gasteiger partial charge in [0.15, 0.2) is 11.6 Å². The van der Waals surface area contributed by atoms with E-state index in [1.807, 2.05) is 0 Å². The number of ether oxygens (including phenoxy) is 1. The Morgan fingerprint density at radius 1 is 0.897 bits per heavy atom. The first-order chi connectivity index (χ1) is 13.8. The molecule has 3 rings (SSSR count). The Hall–Kier alpha value is -1.59. The summed E-state index contributed by atoms with van der Waals surface area (Å²) in [5.41, 5.74) is 0.432. The number of benzene rings is 1. The topological polar surface area (TPSA) is 9.23 Å². The van der Waals surface area contributed by atoms with E-state index in [-0.39, 0.29) is 5.92 Å². The number of alkyl halides is 3. The Balaban J connectivity index is 1.55. The quantitative estimate of drug-likeness (QED) is 0.350. The lowest BCUT2D eigenvalue weighted by Crippen LogP contribution is -2.25. The molecule has 162 valence electrons. The van der Waals surface area contributed by atoms with Crippen molar-refractivity contribution in [3.8, 4) is 5.75 Å². The Kier molecular flexibility index (Phi) is 7.23. The van der Waals surface area contributed by atoms with Gasteiger partial charge in [-0.05, 0) is 99.2 Å². The molecular weight excluding hydrogens is 387 g/mol. The first kappa shape index (κ1) is 22.1. The van der Waals surface area contributed by atoms with Gasteiger partial charge in [0.2, 0.25) is 5.75 Å². The van der Waals surface area contributed by atoms with Gasteiger partial charge in [-0.1, -0.05) is 19.1 Å². The monoisotopic (exact) mass is 416 g/mol. The van der Waals surface area contributed by atoms with Crippen molar-refractivity contribution in [3.63, 3.8) is 0 Å². The minimum atomic E-state index is -5.12. The third-order valence-electron chi connectivity index (χ3n) is 6.61. The fraction of sp³-hybridized carbons (Fsp3) is 0.652. The van der Waals surface area contributed by atoms with E-state index in [0.29, 0.717) is 17.4 Å². The Bertz CT molecular complexity index is 673. The fourth-order valence-electron chi connectivity index (χ4n) is 5.09. The highest BCUT2D eigenvalue weighted by Gasteiger charge is 2.35. The van der Waals surface area contributed by atoms with E-state index in [2.05, 4.69) is 23.8 Å². The highest BCUT2D eigenvalue weighted by atomic mass is 19.4. The van der Waals surface area contributed by atoms with E-state index in [9.17, 15) is 22.0 Å². The van der Waals surface area contributed by atoms with Crippen molar-refractivity contribution >= 4 is 0 Å². The number of rotatable bonds is 5. The van der Waals surface area contributed by atoms with Crippen LogP contribution in [-0.4, -0.2) is 6.36 Å². The molecule has 1 aromatic rings. The van der Waals surface area contributed by atoms with E-state index < -0.39 is 23.7 Å². The first-order valence-corrected chi connectivity index (χ1v) is 10.7. The zero-order chi connectivity index (χ0) is 21.0. The van der Waals surface area contributed by atoms with Gasteiger partial charge in [-0.15, -0.1) is 13.2 Å². The molecule has 0 aromatic heterocycles. The molecule has 0 atom stereocenters. The van der Waals surface area contributed by atoms with Gasteiger partial charge in [0.1, 0.15) is 0 Å². The summed E-state index contributed by atoms with van der Waals surface area (Å²) in [4.78, 5) is 0. The van der Waals surface area contributed by atoms with Crippen molar-refractivity contribution in [1.29, 1.82) is 0 Å². The van der Waals surface area contributed by atoms with Crippen molar-refractivity contribution < 1.29 is 26.7 Å². The lowest BCUT2D eigenvalue weighted by Gasteiger charge is -2.37. The second-order valence-corrected chi connectivity index (χ2v) is 8.48. The number of allylic oxidation sites excluding steroid dienone is 2. The molecule has 0 radical (unpaired) electrons. The summed E-state index contributed by atoms with van der Waals surface area (Å²) < 4.78 is 68.4. The number of hydrogen-bond acceptors (Lipinski definition) is 1. The molecule has 0 amide bonds. The van der Waals surface area contributed by atoms with Crippen molar-refractivity contribution in [2.75, 3.05) is 0 Å².